The van der Waals surface area contributed by atoms with Crippen molar-refractivity contribution in [2.45, 2.75) is 42.2 Å². The lowest BCUT2D eigenvalue weighted by atomic mass is 10.2. The van der Waals surface area contributed by atoms with Gasteiger partial charge in [-0.2, -0.15) is 28.6 Å². The molecule has 120 valence electrons. The van der Waals surface area contributed by atoms with Crippen LogP contribution in [0.5, 0.6) is 0 Å². The Labute approximate surface area is 140 Å². The zero-order valence-corrected chi connectivity index (χ0v) is 15.4. The number of hydrogen-bond acceptors (Lipinski definition) is 5. The van der Waals surface area contributed by atoms with Crippen LogP contribution in [0.1, 0.15) is 25.6 Å². The molecule has 1 aliphatic heterocycles. The van der Waals surface area contributed by atoms with Gasteiger partial charge in [0.1, 0.15) is 6.10 Å². The lowest BCUT2D eigenvalue weighted by Gasteiger charge is -2.34. The van der Waals surface area contributed by atoms with Gasteiger partial charge in [-0.05, 0) is 14.1 Å². The van der Waals surface area contributed by atoms with Gasteiger partial charge < -0.3 is 10.0 Å². The highest BCUT2D eigenvalue weighted by Crippen LogP contribution is 2.42. The summed E-state index contributed by atoms with van der Waals surface area (Å²) in [7, 11) is 4.05. The van der Waals surface area contributed by atoms with Crippen LogP contribution in [0, 0.1) is 0 Å². The minimum atomic E-state index is -0.561. The van der Waals surface area contributed by atoms with Crippen LogP contribution in [0.25, 0.3) is 0 Å². The second kappa shape index (κ2) is 7.59. The van der Waals surface area contributed by atoms with Crippen LogP contribution in [-0.2, 0) is 6.54 Å². The van der Waals surface area contributed by atoms with E-state index in [1.165, 1.54) is 0 Å². The topological polar surface area (TPSA) is 41.3 Å². The van der Waals surface area contributed by atoms with Crippen molar-refractivity contribution in [2.75, 3.05) is 26.4 Å². The van der Waals surface area contributed by atoms with Gasteiger partial charge in [0.05, 0.1) is 23.5 Å². The Morgan fingerprint density at radius 1 is 1.48 bits per heavy atom. The summed E-state index contributed by atoms with van der Waals surface area (Å²) in [4.78, 5) is 2.10. The van der Waals surface area contributed by atoms with Crippen LogP contribution in [0.2, 0.25) is 5.02 Å². The van der Waals surface area contributed by atoms with Gasteiger partial charge >= 0.3 is 0 Å². The van der Waals surface area contributed by atoms with Crippen LogP contribution in [0.15, 0.2) is 6.20 Å². The number of rotatable bonds is 5. The normalized spacial score (nSPS) is 28.0. The third-order valence-electron chi connectivity index (χ3n) is 3.80. The Hall–Kier alpha value is 0.120. The average molecular weight is 350 g/mol. The highest BCUT2D eigenvalue weighted by molar-refractivity contribution is 8.07. The molecule has 4 atom stereocenters. The Morgan fingerprint density at radius 3 is 2.81 bits per heavy atom. The van der Waals surface area contributed by atoms with Crippen LogP contribution >= 0.6 is 35.1 Å². The first-order valence-corrected chi connectivity index (χ1v) is 9.58. The predicted octanol–water partition coefficient (Wildman–Crippen LogP) is 2.76. The molecular formula is C14H24ClN3OS2. The summed E-state index contributed by atoms with van der Waals surface area (Å²) in [6, 6.07) is 0. The van der Waals surface area contributed by atoms with Crippen molar-refractivity contribution >= 4 is 35.1 Å². The van der Waals surface area contributed by atoms with E-state index in [2.05, 4.69) is 23.8 Å². The largest absolute Gasteiger partial charge is 0.386 e. The van der Waals surface area contributed by atoms with Crippen molar-refractivity contribution in [3.8, 4) is 0 Å². The molecule has 1 saturated heterocycles. The molecule has 1 aliphatic rings. The molecule has 1 aromatic rings. The minimum absolute atomic E-state index is 0.175. The molecule has 0 radical (unpaired) electrons. The molecule has 4 nitrogen and oxygen atoms in total. The maximum absolute atomic E-state index is 10.8. The van der Waals surface area contributed by atoms with Gasteiger partial charge in [0, 0.05) is 28.0 Å². The number of aliphatic hydroxyl groups is 1. The molecule has 4 unspecified atom stereocenters. The molecular weight excluding hydrogens is 326 g/mol. The lowest BCUT2D eigenvalue weighted by molar-refractivity contribution is 0.167. The number of likely N-dealkylation sites (N-methyl/N-ethyl adjacent to an activating group) is 1. The van der Waals surface area contributed by atoms with E-state index in [0.717, 1.165) is 24.5 Å². The van der Waals surface area contributed by atoms with Crippen LogP contribution in [0.4, 0.5) is 0 Å². The van der Waals surface area contributed by atoms with E-state index >= 15 is 0 Å². The van der Waals surface area contributed by atoms with Gasteiger partial charge in [0.2, 0.25) is 0 Å². The van der Waals surface area contributed by atoms with Gasteiger partial charge in [0.15, 0.2) is 0 Å². The molecule has 1 N–H and O–H groups in total. The van der Waals surface area contributed by atoms with E-state index in [1.54, 1.807) is 6.20 Å². The smallest absolute Gasteiger partial charge is 0.110 e. The molecule has 0 saturated carbocycles. The third kappa shape index (κ3) is 4.32. The molecule has 0 amide bonds. The van der Waals surface area contributed by atoms with Crippen molar-refractivity contribution in [1.82, 2.24) is 14.7 Å². The van der Waals surface area contributed by atoms with Crippen molar-refractivity contribution in [3.63, 3.8) is 0 Å². The summed E-state index contributed by atoms with van der Waals surface area (Å²) in [6.07, 6.45) is 1.08. The number of aromatic nitrogens is 2. The Balaban J connectivity index is 2.11. The summed E-state index contributed by atoms with van der Waals surface area (Å²) < 4.78 is 1.85. The zero-order valence-electron chi connectivity index (χ0n) is 13.0. The molecule has 1 fully saturated rings. The van der Waals surface area contributed by atoms with E-state index in [4.69, 9.17) is 11.6 Å². The molecule has 21 heavy (non-hydrogen) atoms. The van der Waals surface area contributed by atoms with E-state index in [-0.39, 0.29) is 5.25 Å². The fourth-order valence-corrected chi connectivity index (χ4v) is 5.52. The van der Waals surface area contributed by atoms with Crippen molar-refractivity contribution in [3.05, 3.63) is 16.9 Å². The summed E-state index contributed by atoms with van der Waals surface area (Å²) in [5, 5.41) is 17.0. The van der Waals surface area contributed by atoms with Crippen LogP contribution < -0.4 is 0 Å². The molecule has 7 heteroatoms. The number of hydrogen-bond donors (Lipinski definition) is 1. The van der Waals surface area contributed by atoms with Crippen LogP contribution in [-0.4, -0.2) is 61.9 Å². The monoisotopic (exact) mass is 349 g/mol. The van der Waals surface area contributed by atoms with Crippen LogP contribution in [0.3, 0.4) is 0 Å². The first-order valence-electron chi connectivity index (χ1n) is 7.21. The summed E-state index contributed by atoms with van der Waals surface area (Å²) >= 11 is 10.1. The second-order valence-electron chi connectivity index (χ2n) is 5.77. The Bertz CT molecular complexity index is 469. The second-order valence-corrected chi connectivity index (χ2v) is 9.21. The Morgan fingerprint density at radius 2 is 2.19 bits per heavy atom. The van der Waals surface area contributed by atoms with Gasteiger partial charge in [-0.25, -0.2) is 0 Å². The van der Waals surface area contributed by atoms with E-state index in [9.17, 15) is 5.11 Å². The van der Waals surface area contributed by atoms with Gasteiger partial charge in [0.25, 0.3) is 0 Å². The molecule has 2 heterocycles. The molecule has 0 spiro atoms. The standard InChI is InChI=1S/C14H24ClN3OS2/c1-9-10(2)21-12(8-20-9)14(19)13-11(15)7-16-18(13)6-5-17(3)4/h7,9-10,12,14,19H,5-6,8H2,1-4H3. The molecule has 0 aromatic carbocycles. The average Bonchev–Trinajstić information content (AvgIpc) is 2.80. The molecule has 2 rings (SSSR count). The number of halogens is 1. The van der Waals surface area contributed by atoms with E-state index in [1.807, 2.05) is 42.3 Å². The highest BCUT2D eigenvalue weighted by Gasteiger charge is 2.33. The van der Waals surface area contributed by atoms with Gasteiger partial charge in [-0.3, -0.25) is 4.68 Å². The maximum Gasteiger partial charge on any atom is 0.110 e. The summed E-state index contributed by atoms with van der Waals surface area (Å²) in [5.41, 5.74) is 0.762. The lowest BCUT2D eigenvalue weighted by Crippen LogP contribution is -2.32. The number of aliphatic hydroxyl groups excluding tert-OH is 1. The molecule has 1 aromatic heterocycles. The molecule has 0 bridgehead atoms. The zero-order chi connectivity index (χ0) is 15.6. The third-order valence-corrected chi connectivity index (χ3v) is 7.57. The quantitative estimate of drug-likeness (QED) is 0.885. The van der Waals surface area contributed by atoms with Crippen molar-refractivity contribution < 1.29 is 5.11 Å². The SMILES string of the molecule is CC1SCC(C(O)c2c(Cl)cnn2CCN(C)C)SC1C. The van der Waals surface area contributed by atoms with E-state index in [0.29, 0.717) is 15.5 Å². The summed E-state index contributed by atoms with van der Waals surface area (Å²) in [5.74, 6) is 0.951. The van der Waals surface area contributed by atoms with Gasteiger partial charge in [-0.1, -0.05) is 25.4 Å². The highest BCUT2D eigenvalue weighted by atomic mass is 35.5. The predicted molar refractivity (Wildman–Crippen MR) is 93.5 cm³/mol. The summed E-state index contributed by atoms with van der Waals surface area (Å²) in [6.45, 7) is 6.09. The van der Waals surface area contributed by atoms with Gasteiger partial charge in [-0.15, -0.1) is 0 Å². The minimum Gasteiger partial charge on any atom is -0.386 e. The van der Waals surface area contributed by atoms with Crippen molar-refractivity contribution in [2.24, 2.45) is 0 Å². The van der Waals surface area contributed by atoms with E-state index < -0.39 is 6.10 Å². The van der Waals surface area contributed by atoms with Crippen molar-refractivity contribution in [1.29, 1.82) is 0 Å². The molecule has 0 aliphatic carbocycles. The Kier molecular flexibility index (Phi) is 6.32. The first-order chi connectivity index (χ1) is 9.90. The first kappa shape index (κ1) is 17.5. The fourth-order valence-electron chi connectivity index (χ4n) is 2.29. The maximum atomic E-state index is 10.8. The number of thioether (sulfide) groups is 2. The fraction of sp³-hybridized carbons (Fsp3) is 0.786. The number of nitrogens with zero attached hydrogens (tertiary/aromatic N) is 3.